The van der Waals surface area contributed by atoms with E-state index in [4.69, 9.17) is 0 Å². The molecule has 1 amide bonds. The number of amides is 1. The molecular weight excluding hydrogens is 226 g/mol. The van der Waals surface area contributed by atoms with E-state index in [2.05, 4.69) is 11.4 Å². The van der Waals surface area contributed by atoms with Crippen molar-refractivity contribution in [3.63, 3.8) is 0 Å². The Morgan fingerprint density at radius 3 is 2.33 bits per heavy atom. The number of carbonyl (C=O) groups is 1. The van der Waals surface area contributed by atoms with Gasteiger partial charge in [-0.3, -0.25) is 4.79 Å². The summed E-state index contributed by atoms with van der Waals surface area (Å²) in [6.07, 6.45) is 5.69. The first-order chi connectivity index (χ1) is 8.50. The largest absolute Gasteiger partial charge is 0.351 e. The number of nitrogens with zero attached hydrogens (tertiary/aromatic N) is 2. The van der Waals surface area contributed by atoms with Crippen LogP contribution in [0.15, 0.2) is 0 Å². The van der Waals surface area contributed by atoms with Crippen LogP contribution in [0.1, 0.15) is 45.4 Å². The molecule has 0 saturated heterocycles. The maximum Gasteiger partial charge on any atom is 0.240 e. The molecule has 4 nitrogen and oxygen atoms in total. The van der Waals surface area contributed by atoms with E-state index in [0.29, 0.717) is 12.8 Å². The quantitative estimate of drug-likeness (QED) is 0.777. The molecule has 0 heterocycles. The van der Waals surface area contributed by atoms with Gasteiger partial charge in [0.05, 0.1) is 6.07 Å². The first kappa shape index (κ1) is 15.0. The second kappa shape index (κ2) is 6.75. The van der Waals surface area contributed by atoms with E-state index < -0.39 is 5.41 Å². The van der Waals surface area contributed by atoms with Gasteiger partial charge in [0.2, 0.25) is 5.91 Å². The molecule has 0 bridgehead atoms. The lowest BCUT2D eigenvalue weighted by Gasteiger charge is -2.27. The zero-order valence-electron chi connectivity index (χ0n) is 11.8. The number of hydrogen-bond donors (Lipinski definition) is 1. The third kappa shape index (κ3) is 3.99. The van der Waals surface area contributed by atoms with Gasteiger partial charge in [0.1, 0.15) is 5.41 Å². The van der Waals surface area contributed by atoms with Gasteiger partial charge in [-0.1, -0.05) is 25.7 Å². The van der Waals surface area contributed by atoms with Crippen LogP contribution >= 0.6 is 0 Å². The molecule has 0 radical (unpaired) electrons. The summed E-state index contributed by atoms with van der Waals surface area (Å²) in [6, 6.07) is 2.37. The Morgan fingerprint density at radius 2 is 1.89 bits per heavy atom. The van der Waals surface area contributed by atoms with Crippen LogP contribution in [0.2, 0.25) is 0 Å². The minimum atomic E-state index is -0.781. The molecule has 1 aliphatic rings. The third-order valence-corrected chi connectivity index (χ3v) is 3.62. The van der Waals surface area contributed by atoms with Crippen LogP contribution in [0, 0.1) is 16.7 Å². The molecule has 18 heavy (non-hydrogen) atoms. The van der Waals surface area contributed by atoms with E-state index in [-0.39, 0.29) is 11.9 Å². The van der Waals surface area contributed by atoms with Crippen molar-refractivity contribution < 1.29 is 4.79 Å². The molecule has 0 aromatic carbocycles. The Labute approximate surface area is 110 Å². The van der Waals surface area contributed by atoms with Gasteiger partial charge >= 0.3 is 0 Å². The van der Waals surface area contributed by atoms with Crippen molar-refractivity contribution in [1.29, 1.82) is 5.26 Å². The van der Waals surface area contributed by atoms with Crippen molar-refractivity contribution in [3.05, 3.63) is 0 Å². The molecule has 0 aromatic rings. The second-order valence-corrected chi connectivity index (χ2v) is 5.74. The van der Waals surface area contributed by atoms with Crippen LogP contribution in [0.4, 0.5) is 0 Å². The van der Waals surface area contributed by atoms with Gasteiger partial charge in [-0.05, 0) is 33.9 Å². The monoisotopic (exact) mass is 251 g/mol. The molecule has 1 aliphatic carbocycles. The molecule has 0 aliphatic heterocycles. The summed E-state index contributed by atoms with van der Waals surface area (Å²) in [6.45, 7) is 2.78. The Morgan fingerprint density at radius 1 is 1.33 bits per heavy atom. The van der Waals surface area contributed by atoms with Crippen LogP contribution < -0.4 is 5.32 Å². The molecule has 1 rings (SSSR count). The minimum absolute atomic E-state index is 0.0683. The van der Waals surface area contributed by atoms with Crippen LogP contribution in [-0.4, -0.2) is 37.5 Å². The van der Waals surface area contributed by atoms with Crippen molar-refractivity contribution in [2.75, 3.05) is 20.6 Å². The molecule has 0 aromatic heterocycles. The highest BCUT2D eigenvalue weighted by atomic mass is 16.2. The topological polar surface area (TPSA) is 56.1 Å². The van der Waals surface area contributed by atoms with Crippen LogP contribution in [-0.2, 0) is 4.79 Å². The minimum Gasteiger partial charge on any atom is -0.351 e. The van der Waals surface area contributed by atoms with Crippen molar-refractivity contribution in [2.45, 2.75) is 51.5 Å². The van der Waals surface area contributed by atoms with Gasteiger partial charge in [-0.2, -0.15) is 5.26 Å². The third-order valence-electron chi connectivity index (χ3n) is 3.62. The van der Waals surface area contributed by atoms with Crippen LogP contribution in [0.3, 0.4) is 0 Å². The van der Waals surface area contributed by atoms with E-state index >= 15 is 0 Å². The lowest BCUT2D eigenvalue weighted by atomic mass is 9.81. The Hall–Kier alpha value is -1.08. The first-order valence-corrected chi connectivity index (χ1v) is 6.87. The fourth-order valence-electron chi connectivity index (χ4n) is 2.68. The summed E-state index contributed by atoms with van der Waals surface area (Å²) in [7, 11) is 3.96. The molecule has 1 unspecified atom stereocenters. The van der Waals surface area contributed by atoms with Crippen molar-refractivity contribution in [2.24, 2.45) is 5.41 Å². The average molecular weight is 251 g/mol. The zero-order chi connectivity index (χ0) is 13.6. The van der Waals surface area contributed by atoms with E-state index in [9.17, 15) is 10.1 Å². The lowest BCUT2D eigenvalue weighted by molar-refractivity contribution is -0.129. The summed E-state index contributed by atoms with van der Waals surface area (Å²) in [5.74, 6) is -0.0683. The average Bonchev–Trinajstić information content (AvgIpc) is 2.53. The molecule has 102 valence electrons. The number of carbonyl (C=O) groups excluding carboxylic acids is 1. The van der Waals surface area contributed by atoms with Gasteiger partial charge in [0, 0.05) is 12.6 Å². The summed E-state index contributed by atoms with van der Waals surface area (Å²) < 4.78 is 0. The van der Waals surface area contributed by atoms with Crippen LogP contribution in [0.25, 0.3) is 0 Å². The number of likely N-dealkylation sites (N-methyl/N-ethyl adjacent to an activating group) is 1. The number of nitriles is 1. The summed E-state index contributed by atoms with van der Waals surface area (Å²) >= 11 is 0. The van der Waals surface area contributed by atoms with Gasteiger partial charge in [-0.15, -0.1) is 0 Å². The summed E-state index contributed by atoms with van der Waals surface area (Å²) in [5, 5.41) is 12.4. The summed E-state index contributed by atoms with van der Waals surface area (Å²) in [4.78, 5) is 14.4. The Kier molecular flexibility index (Phi) is 5.61. The summed E-state index contributed by atoms with van der Waals surface area (Å²) in [5.41, 5.74) is -0.781. The molecule has 1 saturated carbocycles. The van der Waals surface area contributed by atoms with Gasteiger partial charge in [0.15, 0.2) is 0 Å². The SMILES string of the molecule is CC(CN(C)C)NC(=O)C1(C#N)CCCCCC1. The molecule has 0 spiro atoms. The van der Waals surface area contributed by atoms with E-state index in [1.165, 1.54) is 0 Å². The maximum absolute atomic E-state index is 12.3. The normalized spacial score (nSPS) is 20.8. The number of nitrogens with one attached hydrogen (secondary N) is 1. The van der Waals surface area contributed by atoms with Gasteiger partial charge in [-0.25, -0.2) is 0 Å². The van der Waals surface area contributed by atoms with Gasteiger partial charge < -0.3 is 10.2 Å². The Bertz CT molecular complexity index is 311. The highest BCUT2D eigenvalue weighted by Gasteiger charge is 2.39. The van der Waals surface area contributed by atoms with Crippen molar-refractivity contribution >= 4 is 5.91 Å². The predicted molar refractivity (Wildman–Crippen MR) is 71.9 cm³/mol. The Balaban J connectivity index is 2.64. The second-order valence-electron chi connectivity index (χ2n) is 5.74. The molecule has 1 atom stereocenters. The number of hydrogen-bond acceptors (Lipinski definition) is 3. The standard InChI is InChI=1S/C14H25N3O/c1-12(10-17(2)3)16-13(18)14(11-15)8-6-4-5-7-9-14/h12H,4-10H2,1-3H3,(H,16,18). The lowest BCUT2D eigenvalue weighted by Crippen LogP contribution is -2.47. The highest BCUT2D eigenvalue weighted by Crippen LogP contribution is 2.34. The van der Waals surface area contributed by atoms with E-state index in [1.807, 2.05) is 25.9 Å². The fourth-order valence-corrected chi connectivity index (χ4v) is 2.68. The number of rotatable bonds is 4. The highest BCUT2D eigenvalue weighted by molar-refractivity contribution is 5.85. The predicted octanol–water partition coefficient (Wildman–Crippen LogP) is 1.92. The molecule has 1 fully saturated rings. The van der Waals surface area contributed by atoms with E-state index in [0.717, 1.165) is 32.2 Å². The smallest absolute Gasteiger partial charge is 0.240 e. The van der Waals surface area contributed by atoms with Gasteiger partial charge in [0.25, 0.3) is 0 Å². The molecule has 4 heteroatoms. The zero-order valence-corrected chi connectivity index (χ0v) is 11.8. The first-order valence-electron chi connectivity index (χ1n) is 6.87. The maximum atomic E-state index is 12.3. The van der Waals surface area contributed by atoms with Crippen LogP contribution in [0.5, 0.6) is 0 Å². The fraction of sp³-hybridized carbons (Fsp3) is 0.857. The van der Waals surface area contributed by atoms with Crippen molar-refractivity contribution in [1.82, 2.24) is 10.2 Å². The van der Waals surface area contributed by atoms with Crippen molar-refractivity contribution in [3.8, 4) is 6.07 Å². The molecular formula is C14H25N3O. The molecule has 1 N–H and O–H groups in total. The van der Waals surface area contributed by atoms with E-state index in [1.54, 1.807) is 0 Å².